The third-order valence-electron chi connectivity index (χ3n) is 3.70. The van der Waals surface area contributed by atoms with Crippen molar-refractivity contribution in [3.63, 3.8) is 0 Å². The lowest BCUT2D eigenvalue weighted by molar-refractivity contribution is 0.0972. The summed E-state index contributed by atoms with van der Waals surface area (Å²) in [5.74, 6) is 1.63. The largest absolute Gasteiger partial charge is 0.494 e. The van der Waals surface area contributed by atoms with Crippen LogP contribution in [0.5, 0.6) is 5.75 Å². The summed E-state index contributed by atoms with van der Waals surface area (Å²) in [6, 6.07) is 7.49. The molecule has 118 valence electrons. The Morgan fingerprint density at radius 3 is 2.38 bits per heavy atom. The van der Waals surface area contributed by atoms with Gasteiger partial charge in [0.2, 0.25) is 0 Å². The Morgan fingerprint density at radius 1 is 1.10 bits per heavy atom. The minimum Gasteiger partial charge on any atom is -0.494 e. The van der Waals surface area contributed by atoms with Crippen LogP contribution in [0.2, 0.25) is 0 Å². The van der Waals surface area contributed by atoms with E-state index in [0.29, 0.717) is 25.5 Å². The highest BCUT2D eigenvalue weighted by molar-refractivity contribution is 5.96. The highest BCUT2D eigenvalue weighted by Gasteiger charge is 2.11. The molecule has 21 heavy (non-hydrogen) atoms. The number of benzene rings is 1. The SMILES string of the molecule is CCCOc1ccc(C(=O)CCC(CCC)CCN)cc1. The van der Waals surface area contributed by atoms with Gasteiger partial charge in [0, 0.05) is 12.0 Å². The van der Waals surface area contributed by atoms with Gasteiger partial charge in [0.05, 0.1) is 6.61 Å². The molecule has 0 heterocycles. The number of ether oxygens (including phenoxy) is 1. The maximum absolute atomic E-state index is 12.2. The van der Waals surface area contributed by atoms with E-state index >= 15 is 0 Å². The van der Waals surface area contributed by atoms with Crippen LogP contribution < -0.4 is 10.5 Å². The van der Waals surface area contributed by atoms with Gasteiger partial charge < -0.3 is 10.5 Å². The summed E-state index contributed by atoms with van der Waals surface area (Å²) < 4.78 is 5.53. The van der Waals surface area contributed by atoms with Crippen molar-refractivity contribution in [1.29, 1.82) is 0 Å². The summed E-state index contributed by atoms with van der Waals surface area (Å²) in [4.78, 5) is 12.2. The van der Waals surface area contributed by atoms with E-state index in [1.807, 2.05) is 24.3 Å². The van der Waals surface area contributed by atoms with E-state index in [1.165, 1.54) is 0 Å². The van der Waals surface area contributed by atoms with Gasteiger partial charge in [0.15, 0.2) is 5.78 Å². The summed E-state index contributed by atoms with van der Waals surface area (Å²) in [5.41, 5.74) is 6.41. The van der Waals surface area contributed by atoms with Crippen LogP contribution in [0.4, 0.5) is 0 Å². The molecular weight excluding hydrogens is 262 g/mol. The van der Waals surface area contributed by atoms with Gasteiger partial charge in [-0.3, -0.25) is 4.79 Å². The second-order valence-corrected chi connectivity index (χ2v) is 5.57. The number of hydrogen-bond acceptors (Lipinski definition) is 3. The van der Waals surface area contributed by atoms with Crippen molar-refractivity contribution in [2.24, 2.45) is 11.7 Å². The van der Waals surface area contributed by atoms with Crippen LogP contribution in [0.1, 0.15) is 62.7 Å². The fraction of sp³-hybridized carbons (Fsp3) is 0.611. The first kappa shape index (κ1) is 17.7. The van der Waals surface area contributed by atoms with Crippen LogP contribution in [0.25, 0.3) is 0 Å². The molecule has 1 aromatic rings. The molecule has 1 atom stereocenters. The highest BCUT2D eigenvalue weighted by Crippen LogP contribution is 2.20. The first-order valence-corrected chi connectivity index (χ1v) is 8.17. The normalized spacial score (nSPS) is 12.1. The van der Waals surface area contributed by atoms with Gasteiger partial charge in [-0.2, -0.15) is 0 Å². The predicted molar refractivity (Wildman–Crippen MR) is 87.9 cm³/mol. The van der Waals surface area contributed by atoms with Crippen molar-refractivity contribution in [2.75, 3.05) is 13.2 Å². The molecule has 0 saturated carbocycles. The van der Waals surface area contributed by atoms with Crippen LogP contribution >= 0.6 is 0 Å². The number of carbonyl (C=O) groups excluding carboxylic acids is 1. The van der Waals surface area contributed by atoms with Crippen LogP contribution in [-0.4, -0.2) is 18.9 Å². The number of hydrogen-bond donors (Lipinski definition) is 1. The fourth-order valence-corrected chi connectivity index (χ4v) is 2.51. The Bertz CT molecular complexity index is 394. The zero-order chi connectivity index (χ0) is 15.5. The van der Waals surface area contributed by atoms with Crippen molar-refractivity contribution in [3.8, 4) is 5.75 Å². The second kappa shape index (κ2) is 10.4. The summed E-state index contributed by atoms with van der Waals surface area (Å²) in [7, 11) is 0. The first-order chi connectivity index (χ1) is 10.2. The lowest BCUT2D eigenvalue weighted by atomic mass is 9.92. The molecule has 0 saturated heterocycles. The highest BCUT2D eigenvalue weighted by atomic mass is 16.5. The molecule has 1 rings (SSSR count). The minimum atomic E-state index is 0.218. The Kier molecular flexibility index (Phi) is 8.76. The molecular formula is C18H29NO2. The average molecular weight is 291 g/mol. The van der Waals surface area contributed by atoms with Gasteiger partial charge in [0.25, 0.3) is 0 Å². The Labute approximate surface area is 128 Å². The summed E-state index contributed by atoms with van der Waals surface area (Å²) in [6.07, 6.45) is 5.87. The lowest BCUT2D eigenvalue weighted by Crippen LogP contribution is -2.11. The molecule has 0 aliphatic carbocycles. The standard InChI is InChI=1S/C18H29NO2/c1-3-5-15(12-13-19)6-11-18(20)16-7-9-17(10-8-16)21-14-4-2/h7-10,15H,3-6,11-14,19H2,1-2H3. The van der Waals surface area contributed by atoms with Crippen molar-refractivity contribution in [1.82, 2.24) is 0 Å². The molecule has 0 spiro atoms. The van der Waals surface area contributed by atoms with E-state index in [-0.39, 0.29) is 5.78 Å². The van der Waals surface area contributed by atoms with Gasteiger partial charge in [-0.05, 0) is 56.0 Å². The molecule has 2 N–H and O–H groups in total. The number of Topliss-reactive ketones (excluding diaryl/α,β-unsaturated/α-hetero) is 1. The summed E-state index contributed by atoms with van der Waals surface area (Å²) >= 11 is 0. The molecule has 0 radical (unpaired) electrons. The molecule has 0 fully saturated rings. The molecule has 1 unspecified atom stereocenters. The lowest BCUT2D eigenvalue weighted by Gasteiger charge is -2.14. The van der Waals surface area contributed by atoms with E-state index in [0.717, 1.165) is 43.4 Å². The minimum absolute atomic E-state index is 0.218. The molecule has 0 bridgehead atoms. The topological polar surface area (TPSA) is 52.3 Å². The Balaban J connectivity index is 2.47. The number of rotatable bonds is 11. The maximum Gasteiger partial charge on any atom is 0.162 e. The molecule has 0 aliphatic heterocycles. The van der Waals surface area contributed by atoms with Crippen molar-refractivity contribution >= 4 is 5.78 Å². The van der Waals surface area contributed by atoms with E-state index in [2.05, 4.69) is 13.8 Å². The van der Waals surface area contributed by atoms with Gasteiger partial charge in [0.1, 0.15) is 5.75 Å². The molecule has 3 heteroatoms. The molecule has 0 aliphatic rings. The molecule has 0 aromatic heterocycles. The van der Waals surface area contributed by atoms with Crippen LogP contribution in [0, 0.1) is 5.92 Å². The van der Waals surface area contributed by atoms with Gasteiger partial charge in [-0.25, -0.2) is 0 Å². The third-order valence-corrected chi connectivity index (χ3v) is 3.70. The number of ketones is 1. The van der Waals surface area contributed by atoms with Crippen LogP contribution in [-0.2, 0) is 0 Å². The van der Waals surface area contributed by atoms with E-state index < -0.39 is 0 Å². The maximum atomic E-state index is 12.2. The van der Waals surface area contributed by atoms with Crippen molar-refractivity contribution in [3.05, 3.63) is 29.8 Å². The Hall–Kier alpha value is -1.35. The zero-order valence-electron chi connectivity index (χ0n) is 13.4. The molecule has 1 aromatic carbocycles. The predicted octanol–water partition coefficient (Wildman–Crippen LogP) is 4.20. The zero-order valence-corrected chi connectivity index (χ0v) is 13.4. The van der Waals surface area contributed by atoms with Gasteiger partial charge >= 0.3 is 0 Å². The number of carbonyl (C=O) groups is 1. The third kappa shape index (κ3) is 6.76. The smallest absolute Gasteiger partial charge is 0.162 e. The fourth-order valence-electron chi connectivity index (χ4n) is 2.51. The monoisotopic (exact) mass is 291 g/mol. The quantitative estimate of drug-likeness (QED) is 0.621. The number of nitrogens with two attached hydrogens (primary N) is 1. The second-order valence-electron chi connectivity index (χ2n) is 5.57. The Morgan fingerprint density at radius 2 is 1.81 bits per heavy atom. The van der Waals surface area contributed by atoms with Gasteiger partial charge in [-0.15, -0.1) is 0 Å². The van der Waals surface area contributed by atoms with Crippen LogP contribution in [0.15, 0.2) is 24.3 Å². The van der Waals surface area contributed by atoms with E-state index in [1.54, 1.807) is 0 Å². The van der Waals surface area contributed by atoms with Gasteiger partial charge in [-0.1, -0.05) is 26.7 Å². The van der Waals surface area contributed by atoms with E-state index in [9.17, 15) is 4.79 Å². The molecule has 3 nitrogen and oxygen atoms in total. The van der Waals surface area contributed by atoms with Crippen molar-refractivity contribution in [2.45, 2.75) is 52.4 Å². The molecule has 0 amide bonds. The summed E-state index contributed by atoms with van der Waals surface area (Å²) in [6.45, 7) is 5.68. The van der Waals surface area contributed by atoms with E-state index in [4.69, 9.17) is 10.5 Å². The average Bonchev–Trinajstić information content (AvgIpc) is 2.51. The van der Waals surface area contributed by atoms with Crippen molar-refractivity contribution < 1.29 is 9.53 Å². The van der Waals surface area contributed by atoms with Crippen LogP contribution in [0.3, 0.4) is 0 Å². The summed E-state index contributed by atoms with van der Waals surface area (Å²) in [5, 5.41) is 0. The first-order valence-electron chi connectivity index (χ1n) is 8.17.